The smallest absolute Gasteiger partial charge is 0.320 e. The van der Waals surface area contributed by atoms with Crippen molar-refractivity contribution in [2.45, 2.75) is 96.9 Å². The number of carbonyl (C=O) groups is 2. The van der Waals surface area contributed by atoms with Crippen LogP contribution < -0.4 is 0 Å². The molecule has 1 aromatic carbocycles. The number of hydrogen-bond donors (Lipinski definition) is 0. The average molecular weight is 491 g/mol. The van der Waals surface area contributed by atoms with Gasteiger partial charge in [-0.3, -0.25) is 9.59 Å². The molecule has 0 N–H and O–H groups in total. The second kappa shape index (κ2) is 14.5. The summed E-state index contributed by atoms with van der Waals surface area (Å²) < 4.78 is 17.4. The molecule has 1 aromatic rings. The monoisotopic (exact) mass is 490 g/mol. The molecule has 0 radical (unpaired) electrons. The van der Waals surface area contributed by atoms with Crippen molar-refractivity contribution in [2.24, 2.45) is 5.92 Å². The van der Waals surface area contributed by atoms with Crippen LogP contribution in [0.25, 0.3) is 0 Å². The molecule has 0 heterocycles. The Kier molecular flexibility index (Phi) is 12.8. The number of rotatable bonds is 15. The molecule has 0 aliphatic rings. The van der Waals surface area contributed by atoms with Crippen LogP contribution in [0.5, 0.6) is 0 Å². The van der Waals surface area contributed by atoms with Crippen LogP contribution in [0.1, 0.15) is 78.2 Å². The Hall–Kier alpha value is -1.92. The lowest BCUT2D eigenvalue weighted by atomic mass is 9.81. The van der Waals surface area contributed by atoms with Gasteiger partial charge in [0, 0.05) is 12.0 Å². The minimum absolute atomic E-state index is 0.0529. The van der Waals surface area contributed by atoms with E-state index in [4.69, 9.17) is 13.9 Å². The number of allylic oxidation sites excluding steroid dienone is 1. The zero-order valence-corrected chi connectivity index (χ0v) is 23.4. The average Bonchev–Trinajstić information content (AvgIpc) is 2.76. The Labute approximate surface area is 208 Å². The summed E-state index contributed by atoms with van der Waals surface area (Å²) in [5, 5.41) is 0.0981. The van der Waals surface area contributed by atoms with Crippen LogP contribution >= 0.6 is 0 Å². The first-order chi connectivity index (χ1) is 16.0. The lowest BCUT2D eigenvalue weighted by Gasteiger charge is -2.40. The van der Waals surface area contributed by atoms with Gasteiger partial charge in [0.2, 0.25) is 0 Å². The second-order valence-corrected chi connectivity index (χ2v) is 15.1. The first-order valence-electron chi connectivity index (χ1n) is 12.6. The van der Waals surface area contributed by atoms with Gasteiger partial charge in [-0.05, 0) is 69.6 Å². The third kappa shape index (κ3) is 9.38. The highest BCUT2D eigenvalue weighted by Crippen LogP contribution is 2.39. The summed E-state index contributed by atoms with van der Waals surface area (Å²) in [6, 6.07) is 9.74. The van der Waals surface area contributed by atoms with E-state index in [-0.39, 0.29) is 30.3 Å². The molecule has 192 valence electrons. The van der Waals surface area contributed by atoms with Crippen LogP contribution in [0.4, 0.5) is 0 Å². The molecule has 2 atom stereocenters. The minimum Gasteiger partial charge on any atom is -0.465 e. The van der Waals surface area contributed by atoms with E-state index < -0.39 is 26.2 Å². The van der Waals surface area contributed by atoms with Gasteiger partial charge in [0.05, 0.1) is 13.2 Å². The molecule has 1 rings (SSSR count). The normalized spacial score (nSPS) is 13.9. The Balaban J connectivity index is 3.25. The van der Waals surface area contributed by atoms with Crippen molar-refractivity contribution in [3.8, 4) is 0 Å². The van der Waals surface area contributed by atoms with E-state index in [2.05, 4.69) is 40.4 Å². The third-order valence-electron chi connectivity index (χ3n) is 6.71. The van der Waals surface area contributed by atoms with Gasteiger partial charge in [-0.1, -0.05) is 57.2 Å². The molecule has 34 heavy (non-hydrogen) atoms. The van der Waals surface area contributed by atoms with Gasteiger partial charge in [-0.2, -0.15) is 0 Å². The molecule has 0 saturated heterocycles. The van der Waals surface area contributed by atoms with Gasteiger partial charge >= 0.3 is 11.9 Å². The fourth-order valence-electron chi connectivity index (χ4n) is 3.83. The summed E-state index contributed by atoms with van der Waals surface area (Å²) in [4.78, 5) is 25.9. The van der Waals surface area contributed by atoms with E-state index in [1.807, 2.05) is 36.4 Å². The third-order valence-corrected chi connectivity index (χ3v) is 11.2. The highest BCUT2D eigenvalue weighted by molar-refractivity contribution is 6.74. The maximum atomic E-state index is 12.9. The molecule has 0 aromatic heterocycles. The molecule has 0 aliphatic carbocycles. The standard InChI is InChI=1S/C28H46O5Si/c1-9-12-14-19-23(33-34(7,8)28(4,5)6)20-21-24(22-17-15-13-16-18-22)25(26(29)31-10-2)27(30)32-11-3/h9,13,15-18,23-25H,1,10-12,14,19-21H2,2-8H3. The van der Waals surface area contributed by atoms with Crippen LogP contribution in [0, 0.1) is 5.92 Å². The predicted molar refractivity (Wildman–Crippen MR) is 141 cm³/mol. The Morgan fingerprint density at radius 3 is 2.00 bits per heavy atom. The highest BCUT2D eigenvalue weighted by Gasteiger charge is 2.41. The van der Waals surface area contributed by atoms with Gasteiger partial charge in [-0.15, -0.1) is 6.58 Å². The topological polar surface area (TPSA) is 61.8 Å². The zero-order valence-electron chi connectivity index (χ0n) is 22.4. The summed E-state index contributed by atoms with van der Waals surface area (Å²) in [5.74, 6) is -2.39. The summed E-state index contributed by atoms with van der Waals surface area (Å²) in [7, 11) is -1.98. The number of ether oxygens (including phenoxy) is 2. The largest absolute Gasteiger partial charge is 0.465 e. The lowest BCUT2D eigenvalue weighted by molar-refractivity contribution is -0.163. The van der Waals surface area contributed by atoms with Crippen LogP contribution in [-0.4, -0.2) is 39.6 Å². The van der Waals surface area contributed by atoms with Crippen molar-refractivity contribution >= 4 is 20.3 Å². The maximum absolute atomic E-state index is 12.9. The number of unbranched alkanes of at least 4 members (excludes halogenated alkanes) is 1. The molecule has 0 amide bonds. The molecule has 0 bridgehead atoms. The molecule has 6 heteroatoms. The van der Waals surface area contributed by atoms with Gasteiger partial charge in [0.1, 0.15) is 0 Å². The number of carbonyl (C=O) groups excluding carboxylic acids is 2. The van der Waals surface area contributed by atoms with Crippen molar-refractivity contribution < 1.29 is 23.5 Å². The number of benzene rings is 1. The fourth-order valence-corrected chi connectivity index (χ4v) is 5.25. The fraction of sp³-hybridized carbons (Fsp3) is 0.643. The Morgan fingerprint density at radius 2 is 1.53 bits per heavy atom. The first-order valence-corrected chi connectivity index (χ1v) is 15.6. The van der Waals surface area contributed by atoms with Crippen LogP contribution in [0.2, 0.25) is 18.1 Å². The number of hydrogen-bond acceptors (Lipinski definition) is 5. The first kappa shape index (κ1) is 30.1. The van der Waals surface area contributed by atoms with Crippen molar-refractivity contribution in [1.82, 2.24) is 0 Å². The van der Waals surface area contributed by atoms with E-state index >= 15 is 0 Å². The van der Waals surface area contributed by atoms with E-state index in [0.717, 1.165) is 31.2 Å². The van der Waals surface area contributed by atoms with Gasteiger partial charge in [0.25, 0.3) is 0 Å². The SMILES string of the molecule is C=CCCCC(CCC(c1ccccc1)C(C(=O)OCC)C(=O)OCC)O[Si](C)(C)C(C)(C)C. The summed E-state index contributed by atoms with van der Waals surface area (Å²) in [6.45, 7) is 19.0. The predicted octanol–water partition coefficient (Wildman–Crippen LogP) is 7.04. The van der Waals surface area contributed by atoms with Crippen LogP contribution in [0.15, 0.2) is 43.0 Å². The van der Waals surface area contributed by atoms with Crippen LogP contribution in [-0.2, 0) is 23.5 Å². The van der Waals surface area contributed by atoms with Gasteiger partial charge < -0.3 is 13.9 Å². The van der Waals surface area contributed by atoms with Crippen molar-refractivity contribution in [1.29, 1.82) is 0 Å². The lowest BCUT2D eigenvalue weighted by Crippen LogP contribution is -2.44. The highest BCUT2D eigenvalue weighted by atomic mass is 28.4. The van der Waals surface area contributed by atoms with E-state index in [9.17, 15) is 9.59 Å². The molecule has 0 saturated carbocycles. The number of esters is 2. The molecular formula is C28H46O5Si. The van der Waals surface area contributed by atoms with Crippen molar-refractivity contribution in [3.63, 3.8) is 0 Å². The Morgan fingerprint density at radius 1 is 0.971 bits per heavy atom. The van der Waals surface area contributed by atoms with Crippen LogP contribution in [0.3, 0.4) is 0 Å². The molecule has 5 nitrogen and oxygen atoms in total. The molecular weight excluding hydrogens is 444 g/mol. The Bertz CT molecular complexity index is 736. The summed E-state index contributed by atoms with van der Waals surface area (Å²) in [5.41, 5.74) is 0.936. The molecule has 0 fully saturated rings. The second-order valence-electron chi connectivity index (χ2n) is 10.3. The van der Waals surface area contributed by atoms with Crippen molar-refractivity contribution in [3.05, 3.63) is 48.6 Å². The van der Waals surface area contributed by atoms with E-state index in [0.29, 0.717) is 6.42 Å². The summed E-state index contributed by atoms with van der Waals surface area (Å²) in [6.07, 6.45) is 6.22. The van der Waals surface area contributed by atoms with E-state index in [1.54, 1.807) is 13.8 Å². The van der Waals surface area contributed by atoms with Gasteiger partial charge in [-0.25, -0.2) is 0 Å². The molecule has 0 spiro atoms. The minimum atomic E-state index is -1.98. The van der Waals surface area contributed by atoms with E-state index in [1.165, 1.54) is 0 Å². The van der Waals surface area contributed by atoms with Gasteiger partial charge in [0.15, 0.2) is 14.2 Å². The molecule has 0 aliphatic heterocycles. The maximum Gasteiger partial charge on any atom is 0.320 e. The quantitative estimate of drug-likeness (QED) is 0.0867. The summed E-state index contributed by atoms with van der Waals surface area (Å²) >= 11 is 0. The van der Waals surface area contributed by atoms with Crippen molar-refractivity contribution in [2.75, 3.05) is 13.2 Å². The molecule has 2 unspecified atom stereocenters. The zero-order chi connectivity index (χ0) is 25.8.